The van der Waals surface area contributed by atoms with E-state index in [0.717, 1.165) is 34.2 Å². The quantitative estimate of drug-likeness (QED) is 0.504. The van der Waals surface area contributed by atoms with E-state index in [2.05, 4.69) is 57.7 Å². The zero-order chi connectivity index (χ0) is 20.0. The lowest BCUT2D eigenvalue weighted by Crippen LogP contribution is -2.37. The van der Waals surface area contributed by atoms with Crippen LogP contribution in [0.3, 0.4) is 0 Å². The predicted molar refractivity (Wildman–Crippen MR) is 118 cm³/mol. The first-order chi connectivity index (χ1) is 14.0. The minimum atomic E-state index is -0.481. The number of nitrogens with one attached hydrogen (secondary N) is 2. The van der Waals surface area contributed by atoms with E-state index in [-0.39, 0.29) is 0 Å². The zero-order valence-corrected chi connectivity index (χ0v) is 18.3. The smallest absolute Gasteiger partial charge is 0.158 e. The Morgan fingerprint density at radius 3 is 2.97 bits per heavy atom. The van der Waals surface area contributed by atoms with Gasteiger partial charge >= 0.3 is 0 Å². The van der Waals surface area contributed by atoms with Gasteiger partial charge < -0.3 is 10.1 Å². The van der Waals surface area contributed by atoms with E-state index in [1.807, 2.05) is 60.7 Å². The predicted octanol–water partition coefficient (Wildman–Crippen LogP) is 4.27. The number of hydrazine groups is 1. The molecule has 2 aliphatic heterocycles. The van der Waals surface area contributed by atoms with Crippen LogP contribution in [0.1, 0.15) is 5.56 Å². The van der Waals surface area contributed by atoms with Gasteiger partial charge in [-0.05, 0) is 42.8 Å². The standard InChI is InChI=1S/C19H15Br2N7O/c1-12-8-13(26-18-17-19(20,21)5-7-28(17)25-11-23-18)2-3-15(12)29-14-4-6-27-16(9-14)22-10-24-27/h2-11,26H,1H3,(H,23,25). The van der Waals surface area contributed by atoms with Crippen molar-refractivity contribution in [3.63, 3.8) is 0 Å². The van der Waals surface area contributed by atoms with E-state index in [1.165, 1.54) is 6.33 Å². The summed E-state index contributed by atoms with van der Waals surface area (Å²) in [5.74, 6) is 2.21. The zero-order valence-electron chi connectivity index (χ0n) is 15.2. The summed E-state index contributed by atoms with van der Waals surface area (Å²) >= 11 is 7.32. The maximum atomic E-state index is 6.04. The normalized spacial score (nSPS) is 16.9. The van der Waals surface area contributed by atoms with E-state index in [0.29, 0.717) is 5.75 Å². The van der Waals surface area contributed by atoms with Crippen LogP contribution >= 0.6 is 31.9 Å². The number of fused-ring (bicyclic) bond motifs is 2. The van der Waals surface area contributed by atoms with Crippen molar-refractivity contribution in [2.75, 3.05) is 5.32 Å². The molecular weight excluding hydrogens is 502 g/mol. The maximum Gasteiger partial charge on any atom is 0.158 e. The Kier molecular flexibility index (Phi) is 4.32. The number of hydrogen-bond acceptors (Lipinski definition) is 7. The number of anilines is 1. The maximum absolute atomic E-state index is 6.04. The molecule has 0 radical (unpaired) electrons. The molecule has 0 saturated carbocycles. The second kappa shape index (κ2) is 6.89. The summed E-state index contributed by atoms with van der Waals surface area (Å²) in [6.45, 7) is 2.00. The van der Waals surface area contributed by atoms with Crippen molar-refractivity contribution in [3.8, 4) is 11.5 Å². The van der Waals surface area contributed by atoms with Crippen molar-refractivity contribution in [1.29, 1.82) is 0 Å². The molecule has 0 bridgehead atoms. The first-order valence-corrected chi connectivity index (χ1v) is 10.3. The van der Waals surface area contributed by atoms with Crippen molar-refractivity contribution in [2.45, 2.75) is 10.2 Å². The van der Waals surface area contributed by atoms with Crippen LogP contribution in [-0.4, -0.2) is 29.2 Å². The van der Waals surface area contributed by atoms with Crippen LogP contribution in [0.2, 0.25) is 0 Å². The minimum Gasteiger partial charge on any atom is -0.457 e. The fourth-order valence-corrected chi connectivity index (χ4v) is 4.13. The summed E-state index contributed by atoms with van der Waals surface area (Å²) < 4.78 is 7.25. The molecule has 10 heteroatoms. The first-order valence-electron chi connectivity index (χ1n) is 8.74. The van der Waals surface area contributed by atoms with Crippen LogP contribution in [0.25, 0.3) is 5.65 Å². The number of nitrogens with zero attached hydrogens (tertiary/aromatic N) is 5. The van der Waals surface area contributed by atoms with Crippen LogP contribution in [0, 0.1) is 6.92 Å². The van der Waals surface area contributed by atoms with Gasteiger partial charge in [0.1, 0.15) is 33.1 Å². The number of benzene rings is 1. The van der Waals surface area contributed by atoms with Crippen molar-refractivity contribution in [1.82, 2.24) is 25.0 Å². The lowest BCUT2D eigenvalue weighted by molar-refractivity contribution is 0.422. The molecule has 0 atom stereocenters. The Bertz CT molecular complexity index is 1200. The molecule has 0 spiro atoms. The van der Waals surface area contributed by atoms with Gasteiger partial charge in [-0.15, -0.1) is 0 Å². The van der Waals surface area contributed by atoms with Gasteiger partial charge in [0.15, 0.2) is 11.5 Å². The summed E-state index contributed by atoms with van der Waals surface area (Å²) in [5, 5.41) is 9.37. The van der Waals surface area contributed by atoms with E-state index in [1.54, 1.807) is 10.9 Å². The third kappa shape index (κ3) is 3.38. The molecule has 0 unspecified atom stereocenters. The number of ether oxygens (including phenoxy) is 1. The van der Waals surface area contributed by atoms with Crippen LogP contribution in [0.4, 0.5) is 5.69 Å². The summed E-state index contributed by atoms with van der Waals surface area (Å²) in [6.07, 6.45) is 8.89. The summed E-state index contributed by atoms with van der Waals surface area (Å²) in [4.78, 5) is 8.63. The largest absolute Gasteiger partial charge is 0.457 e. The highest BCUT2D eigenvalue weighted by Gasteiger charge is 2.38. The highest BCUT2D eigenvalue weighted by atomic mass is 79.9. The number of pyridine rings is 1. The third-order valence-electron chi connectivity index (χ3n) is 4.52. The number of aromatic nitrogens is 3. The fraction of sp³-hybridized carbons (Fsp3) is 0.105. The van der Waals surface area contributed by atoms with Gasteiger partial charge in [-0.2, -0.15) is 5.10 Å². The average Bonchev–Trinajstić information content (AvgIpc) is 3.28. The Morgan fingerprint density at radius 1 is 1.21 bits per heavy atom. The number of hydrogen-bond donors (Lipinski definition) is 2. The van der Waals surface area contributed by atoms with E-state index < -0.39 is 3.23 Å². The Hall–Kier alpha value is -2.85. The molecule has 0 aliphatic carbocycles. The lowest BCUT2D eigenvalue weighted by atomic mass is 10.2. The molecular formula is C19H15Br2N7O. The number of aryl methyl sites for hydroxylation is 1. The van der Waals surface area contributed by atoms with Crippen molar-refractivity contribution < 1.29 is 4.74 Å². The molecule has 1 aromatic carbocycles. The molecule has 2 N–H and O–H groups in total. The average molecular weight is 517 g/mol. The molecule has 146 valence electrons. The monoisotopic (exact) mass is 515 g/mol. The minimum absolute atomic E-state index is 0.481. The lowest BCUT2D eigenvalue weighted by Gasteiger charge is -2.28. The molecule has 0 fully saturated rings. The van der Waals surface area contributed by atoms with Crippen molar-refractivity contribution in [3.05, 3.63) is 72.2 Å². The summed E-state index contributed by atoms with van der Waals surface area (Å²) in [7, 11) is 0. The summed E-state index contributed by atoms with van der Waals surface area (Å²) in [5.41, 5.74) is 6.63. The molecule has 2 aliphatic rings. The van der Waals surface area contributed by atoms with Gasteiger partial charge in [0.05, 0.1) is 0 Å². The molecule has 0 saturated heterocycles. The fourth-order valence-electron chi connectivity index (χ4n) is 3.14. The number of halogens is 2. The van der Waals surface area contributed by atoms with Gasteiger partial charge in [0.2, 0.25) is 0 Å². The first kappa shape index (κ1) is 18.2. The van der Waals surface area contributed by atoms with E-state index >= 15 is 0 Å². The van der Waals surface area contributed by atoms with Crippen LogP contribution in [-0.2, 0) is 0 Å². The van der Waals surface area contributed by atoms with Gasteiger partial charge in [-0.1, -0.05) is 31.9 Å². The molecule has 0 amide bonds. The Labute approximate surface area is 183 Å². The highest BCUT2D eigenvalue weighted by molar-refractivity contribution is 9.25. The van der Waals surface area contributed by atoms with Crippen molar-refractivity contribution >= 4 is 49.5 Å². The molecule has 4 heterocycles. The number of aliphatic imine (C=N–C) groups is 1. The van der Waals surface area contributed by atoms with Gasteiger partial charge in [-0.3, -0.25) is 10.4 Å². The van der Waals surface area contributed by atoms with E-state index in [4.69, 9.17) is 4.74 Å². The Morgan fingerprint density at radius 2 is 2.10 bits per heavy atom. The SMILES string of the molecule is Cc1cc(NC2=C3N(C=CC3(Br)Br)NC=N2)ccc1Oc1ccn2ncnc2c1. The topological polar surface area (TPSA) is 79.1 Å². The van der Waals surface area contributed by atoms with Crippen molar-refractivity contribution in [2.24, 2.45) is 4.99 Å². The van der Waals surface area contributed by atoms with Crippen LogP contribution in [0.15, 0.2) is 71.6 Å². The molecule has 2 aromatic heterocycles. The van der Waals surface area contributed by atoms with E-state index in [9.17, 15) is 0 Å². The van der Waals surface area contributed by atoms with Gasteiger partial charge in [0, 0.05) is 24.2 Å². The Balaban J connectivity index is 1.39. The molecule has 5 rings (SSSR count). The van der Waals surface area contributed by atoms with Gasteiger partial charge in [-0.25, -0.2) is 14.5 Å². The molecule has 8 nitrogen and oxygen atoms in total. The summed E-state index contributed by atoms with van der Waals surface area (Å²) in [6, 6.07) is 9.62. The highest BCUT2D eigenvalue weighted by Crippen LogP contribution is 2.44. The molecule has 3 aromatic rings. The number of rotatable bonds is 4. The second-order valence-electron chi connectivity index (χ2n) is 6.53. The second-order valence-corrected chi connectivity index (χ2v) is 10.1. The van der Waals surface area contributed by atoms with Gasteiger partial charge in [0.25, 0.3) is 0 Å². The van der Waals surface area contributed by atoms with Crippen LogP contribution in [0.5, 0.6) is 11.5 Å². The number of allylic oxidation sites excluding steroid dienone is 1. The third-order valence-corrected chi connectivity index (χ3v) is 5.80. The number of alkyl halides is 2. The molecule has 29 heavy (non-hydrogen) atoms. The van der Waals surface area contributed by atoms with Crippen LogP contribution < -0.4 is 15.5 Å².